The van der Waals surface area contributed by atoms with E-state index in [0.717, 1.165) is 38.5 Å². The monoisotopic (exact) mass is 399 g/mol. The van der Waals surface area contributed by atoms with Crippen LogP contribution in [0.15, 0.2) is 36.5 Å². The summed E-state index contributed by atoms with van der Waals surface area (Å²) in [7, 11) is 0. The third kappa shape index (κ3) is 9.38. The fourth-order valence-electron chi connectivity index (χ4n) is 4.26. The number of ketones is 1. The van der Waals surface area contributed by atoms with Crippen LogP contribution in [0.4, 0.5) is 0 Å². The maximum Gasteiger partial charge on any atom is 0.337 e. The first-order chi connectivity index (χ1) is 14.2. The molecule has 2 rings (SSSR count). The maximum atomic E-state index is 12.3. The molecule has 0 amide bonds. The molecule has 4 heteroatoms. The first-order valence-corrected chi connectivity index (χ1v) is 11.5. The van der Waals surface area contributed by atoms with E-state index in [0.29, 0.717) is 17.6 Å². The normalized spacial score (nSPS) is 19.1. The number of esters is 1. The van der Waals surface area contributed by atoms with Gasteiger partial charge in [-0.15, -0.1) is 0 Å². The molecule has 160 valence electrons. The lowest BCUT2D eigenvalue weighted by Crippen LogP contribution is -2.14. The summed E-state index contributed by atoms with van der Waals surface area (Å²) < 4.78 is 5.12. The molecule has 1 aromatic heterocycles. The molecule has 0 bridgehead atoms. The number of carbonyl (C=O) groups is 2. The van der Waals surface area contributed by atoms with Crippen molar-refractivity contribution in [3.63, 3.8) is 0 Å². The topological polar surface area (TPSA) is 56.3 Å². The van der Waals surface area contributed by atoms with Gasteiger partial charge in [-0.05, 0) is 44.1 Å². The summed E-state index contributed by atoms with van der Waals surface area (Å²) >= 11 is 0. The Kier molecular flexibility index (Phi) is 11.3. The number of pyridine rings is 1. The number of hydrogen-bond donors (Lipinski definition) is 0. The van der Waals surface area contributed by atoms with E-state index < -0.39 is 5.97 Å². The van der Waals surface area contributed by atoms with Crippen molar-refractivity contribution < 1.29 is 14.3 Å². The average Bonchev–Trinajstić information content (AvgIpc) is 3.07. The Morgan fingerprint density at radius 1 is 1.10 bits per heavy atom. The Bertz CT molecular complexity index is 626. The Morgan fingerprint density at radius 3 is 2.69 bits per heavy atom. The highest BCUT2D eigenvalue weighted by Crippen LogP contribution is 2.36. The zero-order chi connectivity index (χ0) is 20.7. The van der Waals surface area contributed by atoms with E-state index >= 15 is 0 Å². The van der Waals surface area contributed by atoms with Crippen LogP contribution in [0.2, 0.25) is 0 Å². The summed E-state index contributed by atoms with van der Waals surface area (Å²) in [5.74, 6) is 1.30. The smallest absolute Gasteiger partial charge is 0.337 e. The fourth-order valence-corrected chi connectivity index (χ4v) is 4.26. The second-order valence-corrected chi connectivity index (χ2v) is 8.20. The van der Waals surface area contributed by atoms with Gasteiger partial charge in [0.2, 0.25) is 5.88 Å². The van der Waals surface area contributed by atoms with Crippen LogP contribution in [0.3, 0.4) is 0 Å². The van der Waals surface area contributed by atoms with Crippen LogP contribution in [-0.4, -0.2) is 16.7 Å². The maximum absolute atomic E-state index is 12.3. The fraction of sp³-hybridized carbons (Fsp3) is 0.640. The van der Waals surface area contributed by atoms with Crippen molar-refractivity contribution >= 4 is 11.8 Å². The molecule has 2 atom stereocenters. The van der Waals surface area contributed by atoms with Crippen molar-refractivity contribution in [2.75, 3.05) is 0 Å². The highest BCUT2D eigenvalue weighted by Gasteiger charge is 2.33. The van der Waals surface area contributed by atoms with E-state index in [1.165, 1.54) is 51.0 Å². The molecular formula is C25H37NO3. The van der Waals surface area contributed by atoms with Gasteiger partial charge in [-0.2, -0.15) is 0 Å². The van der Waals surface area contributed by atoms with Gasteiger partial charge in [0, 0.05) is 30.7 Å². The zero-order valence-corrected chi connectivity index (χ0v) is 18.0. The number of ether oxygens (including phenoxy) is 1. The van der Waals surface area contributed by atoms with Gasteiger partial charge in [0.15, 0.2) is 0 Å². The molecule has 29 heavy (non-hydrogen) atoms. The van der Waals surface area contributed by atoms with E-state index in [1.54, 1.807) is 24.4 Å². The van der Waals surface area contributed by atoms with Crippen molar-refractivity contribution in [2.45, 2.75) is 90.4 Å². The number of unbranched alkanes of at least 4 members (excludes halogenated alkanes) is 7. The number of Topliss-reactive ketones (excluding diaryl/α,β-unsaturated/α-hetero) is 1. The average molecular weight is 400 g/mol. The van der Waals surface area contributed by atoms with Gasteiger partial charge in [0.1, 0.15) is 5.78 Å². The summed E-state index contributed by atoms with van der Waals surface area (Å²) in [6.45, 7) is 2.25. The molecule has 1 heterocycles. The Labute approximate surface area is 176 Å². The minimum atomic E-state index is -0.395. The lowest BCUT2D eigenvalue weighted by Gasteiger charge is -2.18. The molecule has 0 unspecified atom stereocenters. The lowest BCUT2D eigenvalue weighted by molar-refractivity contribution is -0.129. The standard InChI is InChI=1S/C25H37NO3/c1-2-3-4-5-6-9-14-21-18-19-23(27)22(21)15-10-7-8-11-17-25(28)29-24-16-12-13-20-26-24/h11-13,16-17,20-22H,2-10,14-15,18-19H2,1H3/t21-,22+/m0/s1. The number of hydrogen-bond acceptors (Lipinski definition) is 4. The van der Waals surface area contributed by atoms with Gasteiger partial charge in [-0.3, -0.25) is 4.79 Å². The number of rotatable bonds is 14. The number of aromatic nitrogens is 1. The summed E-state index contributed by atoms with van der Waals surface area (Å²) in [5, 5.41) is 0. The van der Waals surface area contributed by atoms with Crippen LogP contribution in [-0.2, 0) is 9.59 Å². The number of allylic oxidation sites excluding steroid dienone is 1. The van der Waals surface area contributed by atoms with E-state index in [1.807, 2.05) is 6.08 Å². The molecule has 1 saturated carbocycles. The van der Waals surface area contributed by atoms with Crippen molar-refractivity contribution in [1.82, 2.24) is 4.98 Å². The van der Waals surface area contributed by atoms with Crippen LogP contribution < -0.4 is 4.74 Å². The van der Waals surface area contributed by atoms with Crippen LogP contribution in [0.25, 0.3) is 0 Å². The zero-order valence-electron chi connectivity index (χ0n) is 18.0. The molecule has 0 aromatic carbocycles. The van der Waals surface area contributed by atoms with E-state index in [9.17, 15) is 9.59 Å². The molecule has 0 aliphatic heterocycles. The summed E-state index contributed by atoms with van der Waals surface area (Å²) in [6.07, 6.45) is 19.8. The lowest BCUT2D eigenvalue weighted by atomic mass is 9.86. The van der Waals surface area contributed by atoms with Gasteiger partial charge >= 0.3 is 5.97 Å². The second kappa shape index (κ2) is 14.1. The minimum Gasteiger partial charge on any atom is -0.404 e. The number of carbonyl (C=O) groups excluding carboxylic acids is 2. The second-order valence-electron chi connectivity index (χ2n) is 8.20. The SMILES string of the molecule is CCCCCCCC[C@H]1CCC(=O)[C@@H]1CCCCC=CC(=O)Oc1ccccn1. The molecule has 1 aliphatic carbocycles. The molecule has 4 nitrogen and oxygen atoms in total. The molecule has 0 N–H and O–H groups in total. The molecule has 0 spiro atoms. The third-order valence-electron chi connectivity index (χ3n) is 5.91. The van der Waals surface area contributed by atoms with Crippen molar-refractivity contribution in [3.8, 4) is 5.88 Å². The third-order valence-corrected chi connectivity index (χ3v) is 5.91. The Balaban J connectivity index is 1.57. The van der Waals surface area contributed by atoms with Crippen molar-refractivity contribution in [3.05, 3.63) is 36.5 Å². The largest absolute Gasteiger partial charge is 0.404 e. The Morgan fingerprint density at radius 2 is 1.90 bits per heavy atom. The molecule has 1 fully saturated rings. The molecule has 1 aromatic rings. The van der Waals surface area contributed by atoms with Gasteiger partial charge < -0.3 is 4.74 Å². The van der Waals surface area contributed by atoms with Gasteiger partial charge in [0.25, 0.3) is 0 Å². The van der Waals surface area contributed by atoms with Crippen LogP contribution in [0, 0.1) is 11.8 Å². The van der Waals surface area contributed by atoms with Crippen LogP contribution >= 0.6 is 0 Å². The van der Waals surface area contributed by atoms with Gasteiger partial charge in [-0.25, -0.2) is 9.78 Å². The van der Waals surface area contributed by atoms with Gasteiger partial charge in [-0.1, -0.05) is 64.0 Å². The molecule has 0 radical (unpaired) electrons. The first kappa shape index (κ1) is 23.3. The quantitative estimate of drug-likeness (QED) is 0.205. The van der Waals surface area contributed by atoms with Gasteiger partial charge in [0.05, 0.1) is 0 Å². The molecule has 0 saturated heterocycles. The predicted octanol–water partition coefficient (Wildman–Crippen LogP) is 6.45. The predicted molar refractivity (Wildman–Crippen MR) is 117 cm³/mol. The van der Waals surface area contributed by atoms with Crippen molar-refractivity contribution in [2.24, 2.45) is 11.8 Å². The highest BCUT2D eigenvalue weighted by atomic mass is 16.5. The van der Waals surface area contributed by atoms with Crippen molar-refractivity contribution in [1.29, 1.82) is 0 Å². The number of nitrogens with zero attached hydrogens (tertiary/aromatic N) is 1. The van der Waals surface area contributed by atoms with E-state index in [4.69, 9.17) is 4.74 Å². The van der Waals surface area contributed by atoms with E-state index in [-0.39, 0.29) is 5.92 Å². The highest BCUT2D eigenvalue weighted by molar-refractivity contribution is 5.84. The van der Waals surface area contributed by atoms with Crippen LogP contribution in [0.1, 0.15) is 90.4 Å². The molecular weight excluding hydrogens is 362 g/mol. The minimum absolute atomic E-state index is 0.281. The molecule has 1 aliphatic rings. The summed E-state index contributed by atoms with van der Waals surface area (Å²) in [4.78, 5) is 28.0. The van der Waals surface area contributed by atoms with E-state index in [2.05, 4.69) is 11.9 Å². The summed E-state index contributed by atoms with van der Waals surface area (Å²) in [5.41, 5.74) is 0. The first-order valence-electron chi connectivity index (χ1n) is 11.5. The Hall–Kier alpha value is -1.97. The van der Waals surface area contributed by atoms with Crippen LogP contribution in [0.5, 0.6) is 5.88 Å². The summed E-state index contributed by atoms with van der Waals surface area (Å²) in [6, 6.07) is 5.22.